The van der Waals surface area contributed by atoms with Gasteiger partial charge in [0.25, 0.3) is 0 Å². The second-order valence-electron chi connectivity index (χ2n) is 6.70. The molecule has 0 bridgehead atoms. The molecule has 0 unspecified atom stereocenters. The van der Waals surface area contributed by atoms with E-state index in [1.807, 2.05) is 19.9 Å². The smallest absolute Gasteiger partial charge is 0.338 e. The quantitative estimate of drug-likeness (QED) is 0.627. The summed E-state index contributed by atoms with van der Waals surface area (Å²) >= 11 is 3.49. The molecule has 0 radical (unpaired) electrons. The lowest BCUT2D eigenvalue weighted by molar-refractivity contribution is -0.182. The van der Waals surface area contributed by atoms with Crippen molar-refractivity contribution in [1.29, 1.82) is 0 Å². The topological polar surface area (TPSA) is 65.0 Å². The number of esters is 1. The minimum Gasteiger partial charge on any atom is -0.456 e. The van der Waals surface area contributed by atoms with E-state index < -0.39 is 29.6 Å². The van der Waals surface area contributed by atoms with Crippen molar-refractivity contribution in [2.45, 2.75) is 55.1 Å². The number of aliphatic hydroxyl groups excluding tert-OH is 1. The van der Waals surface area contributed by atoms with Crippen molar-refractivity contribution in [2.75, 3.05) is 6.61 Å². The van der Waals surface area contributed by atoms with Gasteiger partial charge in [-0.1, -0.05) is 34.1 Å². The lowest BCUT2D eigenvalue weighted by atomic mass is 9.81. The number of alkyl halides is 1. The fourth-order valence-corrected chi connectivity index (χ4v) is 4.19. The van der Waals surface area contributed by atoms with Gasteiger partial charge in [-0.3, -0.25) is 0 Å². The summed E-state index contributed by atoms with van der Waals surface area (Å²) in [6, 6.07) is 8.77. The van der Waals surface area contributed by atoms with Crippen LogP contribution in [0.15, 0.2) is 30.3 Å². The number of hydrogen-bond donors (Lipinski definition) is 1. The minimum atomic E-state index is -0.777. The summed E-state index contributed by atoms with van der Waals surface area (Å²) in [4.78, 5) is 12.1. The molecule has 1 spiro atoms. The van der Waals surface area contributed by atoms with Gasteiger partial charge in [-0.25, -0.2) is 4.79 Å². The molecule has 0 amide bonds. The summed E-state index contributed by atoms with van der Waals surface area (Å²) in [5, 5.41) is 10.4. The molecule has 1 aromatic rings. The van der Waals surface area contributed by atoms with Crippen LogP contribution in [0.5, 0.6) is 0 Å². The number of ether oxygens (including phenoxy) is 3. The first-order chi connectivity index (χ1) is 10.8. The van der Waals surface area contributed by atoms with Crippen LogP contribution in [0.3, 0.4) is 0 Å². The van der Waals surface area contributed by atoms with Gasteiger partial charge in [0.2, 0.25) is 0 Å². The Kier molecular flexibility index (Phi) is 4.53. The van der Waals surface area contributed by atoms with Crippen LogP contribution < -0.4 is 0 Å². The summed E-state index contributed by atoms with van der Waals surface area (Å²) < 4.78 is 17.3. The molecule has 5 nitrogen and oxygen atoms in total. The molecule has 6 heteroatoms. The molecule has 126 valence electrons. The zero-order chi connectivity index (χ0) is 16.7. The predicted molar refractivity (Wildman–Crippen MR) is 87.4 cm³/mol. The van der Waals surface area contributed by atoms with E-state index in [1.54, 1.807) is 24.3 Å². The lowest BCUT2D eigenvalue weighted by Gasteiger charge is -2.42. The molecule has 1 saturated carbocycles. The molecule has 0 aromatic heterocycles. The van der Waals surface area contributed by atoms with Crippen LogP contribution in [0, 0.1) is 0 Å². The highest BCUT2D eigenvalue weighted by Gasteiger charge is 2.53. The molecular formula is C17H21BrO5. The molecule has 2 aliphatic rings. The van der Waals surface area contributed by atoms with Gasteiger partial charge < -0.3 is 19.3 Å². The van der Waals surface area contributed by atoms with Crippen LogP contribution in [0.4, 0.5) is 0 Å². The summed E-state index contributed by atoms with van der Waals surface area (Å²) in [6.45, 7) is 4.15. The second kappa shape index (κ2) is 6.16. The van der Waals surface area contributed by atoms with Gasteiger partial charge >= 0.3 is 5.97 Å². The Morgan fingerprint density at radius 3 is 2.61 bits per heavy atom. The molecule has 1 aromatic carbocycles. The van der Waals surface area contributed by atoms with E-state index in [0.717, 1.165) is 0 Å². The Hall–Kier alpha value is -0.950. The van der Waals surface area contributed by atoms with Crippen LogP contribution in [-0.4, -0.2) is 46.1 Å². The van der Waals surface area contributed by atoms with Crippen molar-refractivity contribution < 1.29 is 24.1 Å². The maximum atomic E-state index is 12.3. The van der Waals surface area contributed by atoms with Gasteiger partial charge in [-0.2, -0.15) is 0 Å². The lowest BCUT2D eigenvalue weighted by Crippen LogP contribution is -2.53. The molecule has 1 aliphatic heterocycles. The molecule has 4 atom stereocenters. The van der Waals surface area contributed by atoms with Crippen LogP contribution in [0.2, 0.25) is 0 Å². The number of halogens is 1. The fraction of sp³-hybridized carbons (Fsp3) is 0.588. The third kappa shape index (κ3) is 3.60. The average molecular weight is 385 g/mol. The van der Waals surface area contributed by atoms with Crippen molar-refractivity contribution in [3.8, 4) is 0 Å². The molecule has 2 fully saturated rings. The zero-order valence-corrected chi connectivity index (χ0v) is 14.8. The molecule has 1 heterocycles. The number of aliphatic hydroxyl groups is 1. The predicted octanol–water partition coefficient (Wildman–Crippen LogP) is 2.65. The summed E-state index contributed by atoms with van der Waals surface area (Å²) in [6.07, 6.45) is -0.395. The summed E-state index contributed by atoms with van der Waals surface area (Å²) in [5.74, 6) is -1.10. The van der Waals surface area contributed by atoms with Gasteiger partial charge in [0, 0.05) is 11.2 Å². The van der Waals surface area contributed by atoms with E-state index in [2.05, 4.69) is 15.9 Å². The van der Waals surface area contributed by atoms with Crippen LogP contribution in [-0.2, 0) is 14.2 Å². The highest BCUT2D eigenvalue weighted by molar-refractivity contribution is 9.09. The highest BCUT2D eigenvalue weighted by atomic mass is 79.9. The monoisotopic (exact) mass is 384 g/mol. The third-order valence-electron chi connectivity index (χ3n) is 4.30. The van der Waals surface area contributed by atoms with Gasteiger partial charge in [0.1, 0.15) is 12.2 Å². The van der Waals surface area contributed by atoms with Crippen molar-refractivity contribution in [3.05, 3.63) is 35.9 Å². The second-order valence-corrected chi connectivity index (χ2v) is 7.87. The Morgan fingerprint density at radius 1 is 1.30 bits per heavy atom. The van der Waals surface area contributed by atoms with Gasteiger partial charge in [-0.05, 0) is 32.4 Å². The number of rotatable bonds is 2. The Morgan fingerprint density at radius 2 is 2.00 bits per heavy atom. The van der Waals surface area contributed by atoms with E-state index in [0.29, 0.717) is 25.0 Å². The normalized spacial score (nSPS) is 36.1. The van der Waals surface area contributed by atoms with Crippen LogP contribution in [0.25, 0.3) is 0 Å². The Labute approximate surface area is 144 Å². The van der Waals surface area contributed by atoms with Gasteiger partial charge in [0.05, 0.1) is 17.8 Å². The first kappa shape index (κ1) is 16.9. The minimum absolute atomic E-state index is 0.220. The van der Waals surface area contributed by atoms with Crippen molar-refractivity contribution in [1.82, 2.24) is 0 Å². The molecular weight excluding hydrogens is 364 g/mol. The Balaban J connectivity index is 1.74. The Bertz CT molecular complexity index is 576. The van der Waals surface area contributed by atoms with Crippen molar-refractivity contribution in [2.24, 2.45) is 0 Å². The summed E-state index contributed by atoms with van der Waals surface area (Å²) in [7, 11) is 0. The first-order valence-electron chi connectivity index (χ1n) is 7.73. The van der Waals surface area contributed by atoms with Gasteiger partial charge in [0.15, 0.2) is 5.79 Å². The molecule has 1 saturated heterocycles. The van der Waals surface area contributed by atoms with Gasteiger partial charge in [-0.15, -0.1) is 0 Å². The maximum Gasteiger partial charge on any atom is 0.338 e. The van der Waals surface area contributed by atoms with Crippen molar-refractivity contribution in [3.63, 3.8) is 0 Å². The van der Waals surface area contributed by atoms with E-state index in [4.69, 9.17) is 14.2 Å². The zero-order valence-electron chi connectivity index (χ0n) is 13.2. The third-order valence-corrected chi connectivity index (χ3v) is 5.17. The number of carbonyl (C=O) groups is 1. The highest BCUT2D eigenvalue weighted by Crippen LogP contribution is 2.44. The SMILES string of the molecule is CC1(C)OC[C@@]2(C[C@H](Br)[C@@H](O)[C@H](OC(=O)c3ccccc3)C2)O1. The maximum absolute atomic E-state index is 12.3. The molecule has 3 rings (SSSR count). The standard InChI is InChI=1S/C17H21BrO5/c1-16(2)21-10-17(23-16)8-12(18)14(19)13(9-17)22-15(20)11-6-4-3-5-7-11/h3-7,12-14,19H,8-10H2,1-2H3/t12-,13+,14+,17-/m0/s1. The fourth-order valence-electron chi connectivity index (χ4n) is 3.26. The largest absolute Gasteiger partial charge is 0.456 e. The van der Waals surface area contributed by atoms with E-state index in [-0.39, 0.29) is 4.83 Å². The summed E-state index contributed by atoms with van der Waals surface area (Å²) in [5.41, 5.74) is -0.0761. The van der Waals surface area contributed by atoms with Crippen LogP contribution >= 0.6 is 15.9 Å². The number of hydrogen-bond acceptors (Lipinski definition) is 5. The molecule has 1 aliphatic carbocycles. The van der Waals surface area contributed by atoms with Crippen LogP contribution in [0.1, 0.15) is 37.0 Å². The first-order valence-corrected chi connectivity index (χ1v) is 8.64. The average Bonchev–Trinajstić information content (AvgIpc) is 2.80. The molecule has 23 heavy (non-hydrogen) atoms. The van der Waals surface area contributed by atoms with E-state index in [1.165, 1.54) is 0 Å². The van der Waals surface area contributed by atoms with Crippen molar-refractivity contribution >= 4 is 21.9 Å². The van der Waals surface area contributed by atoms with E-state index in [9.17, 15) is 9.90 Å². The number of benzene rings is 1. The van der Waals surface area contributed by atoms with E-state index >= 15 is 0 Å². The number of carbonyl (C=O) groups excluding carboxylic acids is 1. The molecule has 1 N–H and O–H groups in total.